The lowest BCUT2D eigenvalue weighted by Gasteiger charge is -2.20. The van der Waals surface area contributed by atoms with E-state index in [9.17, 15) is 4.79 Å². The first-order valence-corrected chi connectivity index (χ1v) is 10.8. The second-order valence-electron chi connectivity index (χ2n) is 7.94. The average Bonchev–Trinajstić information content (AvgIpc) is 3.50. The quantitative estimate of drug-likeness (QED) is 0.389. The standard InChI is InChI=1S/C23H25IN2O2/c1-14-10-20(11-22(25-14)19-8-9-19)28-13-17-4-6-18(7-5-17)15(2)21-12-23(27)26(24)16(21)3/h4-7,10-11,15,19,21H,3,8-9,12-13H2,1-2H3/t15-,21?/m1/s1. The average molecular weight is 488 g/mol. The summed E-state index contributed by atoms with van der Waals surface area (Å²) in [6.45, 7) is 8.83. The lowest BCUT2D eigenvalue weighted by molar-refractivity contribution is -0.122. The van der Waals surface area contributed by atoms with E-state index in [1.54, 1.807) is 3.11 Å². The van der Waals surface area contributed by atoms with E-state index >= 15 is 0 Å². The fourth-order valence-corrected chi connectivity index (χ4v) is 4.36. The van der Waals surface area contributed by atoms with E-state index in [0.717, 1.165) is 28.4 Å². The Morgan fingerprint density at radius 3 is 2.61 bits per heavy atom. The molecule has 146 valence electrons. The molecule has 2 atom stereocenters. The van der Waals surface area contributed by atoms with Gasteiger partial charge < -0.3 is 4.74 Å². The number of aryl methyl sites for hydroxylation is 1. The van der Waals surface area contributed by atoms with Crippen molar-refractivity contribution in [3.05, 3.63) is 71.2 Å². The molecule has 1 aromatic carbocycles. The molecule has 1 saturated heterocycles. The fraction of sp³-hybridized carbons (Fsp3) is 0.391. The number of nitrogens with zero attached hydrogens (tertiary/aromatic N) is 2. The summed E-state index contributed by atoms with van der Waals surface area (Å²) in [6, 6.07) is 12.6. The van der Waals surface area contributed by atoms with Crippen molar-refractivity contribution in [2.75, 3.05) is 0 Å². The summed E-state index contributed by atoms with van der Waals surface area (Å²) in [6.07, 6.45) is 3.02. The van der Waals surface area contributed by atoms with E-state index in [1.807, 2.05) is 35.9 Å². The van der Waals surface area contributed by atoms with E-state index in [-0.39, 0.29) is 17.7 Å². The largest absolute Gasteiger partial charge is 0.489 e. The summed E-state index contributed by atoms with van der Waals surface area (Å²) in [5.41, 5.74) is 5.44. The maximum absolute atomic E-state index is 11.9. The number of carbonyl (C=O) groups excluding carboxylic acids is 1. The Morgan fingerprint density at radius 2 is 2.00 bits per heavy atom. The third-order valence-electron chi connectivity index (χ3n) is 5.75. The van der Waals surface area contributed by atoms with Crippen LogP contribution in [0.5, 0.6) is 5.75 Å². The maximum Gasteiger partial charge on any atom is 0.236 e. The molecule has 2 fully saturated rings. The molecule has 0 bridgehead atoms. The highest BCUT2D eigenvalue weighted by molar-refractivity contribution is 14.1. The first kappa shape index (κ1) is 19.4. The Morgan fingerprint density at radius 1 is 1.29 bits per heavy atom. The number of halogens is 1. The van der Waals surface area contributed by atoms with Gasteiger partial charge in [-0.05, 0) is 36.8 Å². The summed E-state index contributed by atoms with van der Waals surface area (Å²) in [4.78, 5) is 16.6. The Hall–Kier alpha value is -1.89. The first-order chi connectivity index (χ1) is 13.4. The molecule has 2 heterocycles. The van der Waals surface area contributed by atoms with Crippen LogP contribution in [-0.4, -0.2) is 14.0 Å². The molecule has 1 aliphatic carbocycles. The van der Waals surface area contributed by atoms with Crippen LogP contribution in [0, 0.1) is 12.8 Å². The number of pyridine rings is 1. The van der Waals surface area contributed by atoms with Crippen molar-refractivity contribution in [2.24, 2.45) is 5.92 Å². The molecule has 1 aliphatic heterocycles. The zero-order valence-corrected chi connectivity index (χ0v) is 18.5. The summed E-state index contributed by atoms with van der Waals surface area (Å²) in [7, 11) is 0. The number of carbonyl (C=O) groups is 1. The number of allylic oxidation sites excluding steroid dienone is 1. The molecule has 2 aromatic rings. The number of rotatable bonds is 6. The first-order valence-electron chi connectivity index (χ1n) is 9.80. The van der Waals surface area contributed by atoms with Crippen LogP contribution in [0.15, 0.2) is 48.7 Å². The predicted octanol–water partition coefficient (Wildman–Crippen LogP) is 5.66. The molecule has 5 heteroatoms. The Kier molecular flexibility index (Phi) is 5.45. The normalized spacial score (nSPS) is 20.5. The lowest BCUT2D eigenvalue weighted by atomic mass is 9.85. The van der Waals surface area contributed by atoms with Gasteiger partial charge in [-0.3, -0.25) is 12.9 Å². The number of amides is 1. The number of hydrogen-bond donors (Lipinski definition) is 0. The minimum absolute atomic E-state index is 0.144. The minimum atomic E-state index is 0.144. The van der Waals surface area contributed by atoms with Gasteiger partial charge in [0.2, 0.25) is 5.91 Å². The van der Waals surface area contributed by atoms with E-state index in [2.05, 4.69) is 48.8 Å². The summed E-state index contributed by atoms with van der Waals surface area (Å²) in [5, 5.41) is 0. The molecule has 1 unspecified atom stereocenters. The van der Waals surface area contributed by atoms with Gasteiger partial charge in [-0.1, -0.05) is 37.8 Å². The van der Waals surface area contributed by atoms with Crippen LogP contribution in [0.1, 0.15) is 60.5 Å². The number of hydrogen-bond acceptors (Lipinski definition) is 3. The van der Waals surface area contributed by atoms with Crippen LogP contribution in [0.2, 0.25) is 0 Å². The molecular formula is C23H25IN2O2. The van der Waals surface area contributed by atoms with Crippen molar-refractivity contribution in [3.63, 3.8) is 0 Å². The van der Waals surface area contributed by atoms with Crippen LogP contribution >= 0.6 is 22.9 Å². The Balaban J connectivity index is 1.40. The molecule has 0 radical (unpaired) electrons. The van der Waals surface area contributed by atoms with Gasteiger partial charge in [-0.15, -0.1) is 0 Å². The van der Waals surface area contributed by atoms with E-state index in [4.69, 9.17) is 4.74 Å². The van der Waals surface area contributed by atoms with Gasteiger partial charge >= 0.3 is 0 Å². The molecule has 0 spiro atoms. The molecule has 0 N–H and O–H groups in total. The van der Waals surface area contributed by atoms with E-state index < -0.39 is 0 Å². The molecule has 4 nitrogen and oxygen atoms in total. The van der Waals surface area contributed by atoms with Crippen molar-refractivity contribution in [1.82, 2.24) is 8.10 Å². The lowest BCUT2D eigenvalue weighted by Crippen LogP contribution is -2.11. The van der Waals surface area contributed by atoms with Crippen molar-refractivity contribution in [2.45, 2.75) is 51.6 Å². The highest BCUT2D eigenvalue weighted by atomic mass is 127. The van der Waals surface area contributed by atoms with Crippen molar-refractivity contribution in [1.29, 1.82) is 0 Å². The van der Waals surface area contributed by atoms with Crippen LogP contribution in [0.3, 0.4) is 0 Å². The highest BCUT2D eigenvalue weighted by Gasteiger charge is 2.36. The zero-order valence-electron chi connectivity index (χ0n) is 16.3. The van der Waals surface area contributed by atoms with Gasteiger partial charge in [0.15, 0.2) is 0 Å². The van der Waals surface area contributed by atoms with Gasteiger partial charge in [-0.2, -0.15) is 0 Å². The van der Waals surface area contributed by atoms with Crippen molar-refractivity contribution >= 4 is 28.8 Å². The van der Waals surface area contributed by atoms with Crippen LogP contribution < -0.4 is 4.74 Å². The van der Waals surface area contributed by atoms with Gasteiger partial charge in [0, 0.05) is 47.5 Å². The molecule has 28 heavy (non-hydrogen) atoms. The third kappa shape index (κ3) is 4.09. The van der Waals surface area contributed by atoms with Crippen LogP contribution in [-0.2, 0) is 11.4 Å². The molecule has 1 saturated carbocycles. The predicted molar refractivity (Wildman–Crippen MR) is 118 cm³/mol. The highest BCUT2D eigenvalue weighted by Crippen LogP contribution is 2.41. The molecule has 1 aromatic heterocycles. The maximum atomic E-state index is 11.9. The Bertz CT molecular complexity index is 905. The van der Waals surface area contributed by atoms with Crippen LogP contribution in [0.25, 0.3) is 0 Å². The van der Waals surface area contributed by atoms with E-state index in [0.29, 0.717) is 18.9 Å². The fourth-order valence-electron chi connectivity index (χ4n) is 3.81. The molecule has 4 rings (SSSR count). The molecular weight excluding hydrogens is 463 g/mol. The number of aromatic nitrogens is 1. The Labute approximate surface area is 180 Å². The molecule has 2 aliphatic rings. The van der Waals surface area contributed by atoms with Crippen molar-refractivity contribution < 1.29 is 9.53 Å². The van der Waals surface area contributed by atoms with Gasteiger partial charge in [0.05, 0.1) is 22.9 Å². The van der Waals surface area contributed by atoms with Gasteiger partial charge in [-0.25, -0.2) is 0 Å². The number of benzene rings is 1. The summed E-state index contributed by atoms with van der Waals surface area (Å²) >= 11 is 2.05. The van der Waals surface area contributed by atoms with Crippen molar-refractivity contribution in [3.8, 4) is 5.75 Å². The topological polar surface area (TPSA) is 42.4 Å². The summed E-state index contributed by atoms with van der Waals surface area (Å²) in [5.74, 6) is 2.10. The number of ether oxygens (including phenoxy) is 1. The SMILES string of the molecule is C=C1C([C@H](C)c2ccc(COc3cc(C)nc(C4CC4)c3)cc2)CC(=O)N1I. The van der Waals surface area contributed by atoms with Crippen LogP contribution in [0.4, 0.5) is 0 Å². The second-order valence-corrected chi connectivity index (χ2v) is 8.90. The minimum Gasteiger partial charge on any atom is -0.489 e. The van der Waals surface area contributed by atoms with E-state index in [1.165, 1.54) is 18.4 Å². The summed E-state index contributed by atoms with van der Waals surface area (Å²) < 4.78 is 7.69. The monoisotopic (exact) mass is 488 g/mol. The third-order valence-corrected chi connectivity index (χ3v) is 6.91. The second kappa shape index (κ2) is 7.85. The van der Waals surface area contributed by atoms with Gasteiger partial charge in [0.1, 0.15) is 12.4 Å². The smallest absolute Gasteiger partial charge is 0.236 e. The zero-order chi connectivity index (χ0) is 19.8. The van der Waals surface area contributed by atoms with Gasteiger partial charge in [0.25, 0.3) is 0 Å². The molecule has 1 amide bonds.